The maximum Gasteiger partial charge on any atom is 0.469 e. The molecule has 4 aliphatic rings. The summed E-state index contributed by atoms with van der Waals surface area (Å²) in [6.45, 7) is 11.6. The molecule has 0 aromatic heterocycles. The van der Waals surface area contributed by atoms with E-state index in [9.17, 15) is 43.2 Å². The van der Waals surface area contributed by atoms with Crippen LogP contribution < -0.4 is 4.90 Å². The van der Waals surface area contributed by atoms with E-state index in [1.54, 1.807) is 0 Å². The highest BCUT2D eigenvalue weighted by Gasteiger charge is 2.52. The third kappa shape index (κ3) is 9.95. The third-order valence-electron chi connectivity index (χ3n) is 12.2. The largest absolute Gasteiger partial charge is 0.469 e. The molecular weight excluding hydrogens is 811 g/mol. The number of fused-ring (bicyclic) bond motifs is 2. The van der Waals surface area contributed by atoms with Crippen molar-refractivity contribution < 1.29 is 47.8 Å². The van der Waals surface area contributed by atoms with Crippen LogP contribution in [0.5, 0.6) is 0 Å². The van der Waals surface area contributed by atoms with Gasteiger partial charge in [-0.3, -0.25) is 16.8 Å². The van der Waals surface area contributed by atoms with E-state index in [1.165, 1.54) is 98.1 Å². The molecule has 14 heteroatoms. The first kappa shape index (κ1) is 46.4. The summed E-state index contributed by atoms with van der Waals surface area (Å²) >= 11 is 0. The molecule has 0 saturated heterocycles. The maximum absolute atomic E-state index is 11.8. The number of alkyl halides is 6. The van der Waals surface area contributed by atoms with Crippen molar-refractivity contribution in [3.8, 4) is 0 Å². The van der Waals surface area contributed by atoms with Crippen molar-refractivity contribution in [1.82, 2.24) is 0 Å². The normalized spacial score (nSPS) is 21.2. The summed E-state index contributed by atoms with van der Waals surface area (Å²) in [6.07, 6.45) is 29.7. The second-order valence-electron chi connectivity index (χ2n) is 17.0. The number of sulfone groups is 2. The maximum atomic E-state index is 11.8. The van der Waals surface area contributed by atoms with Gasteiger partial charge in [-0.2, -0.15) is 37.8 Å². The topological polar surface area (TPSA) is 74.5 Å². The highest BCUT2D eigenvalue weighted by molar-refractivity contribution is 8.13. The minimum Gasteiger partial charge on any atom is -0.344 e. The predicted octanol–water partition coefficient (Wildman–Crippen LogP) is 11.9. The Bertz CT molecular complexity index is 2140. The molecule has 6 nitrogen and oxygen atoms in total. The molecule has 2 saturated carbocycles. The highest BCUT2D eigenvalue weighted by atomic mass is 32.3. The van der Waals surface area contributed by atoms with Crippen LogP contribution in [0.4, 0.5) is 37.7 Å². The van der Waals surface area contributed by atoms with Crippen LogP contribution in [0.15, 0.2) is 96.8 Å². The molecule has 0 spiro atoms. The van der Waals surface area contributed by atoms with Crippen molar-refractivity contribution in [2.45, 2.75) is 121 Å². The van der Waals surface area contributed by atoms with Gasteiger partial charge in [0.25, 0.3) is 0 Å². The van der Waals surface area contributed by atoms with Crippen molar-refractivity contribution in [1.29, 1.82) is 0 Å². The molecule has 0 unspecified atom stereocenters. The Balaban J connectivity index is 0.000000352. The Morgan fingerprint density at radius 3 is 1.75 bits per heavy atom. The average molecular weight is 867 g/mol. The Labute approximate surface area is 346 Å². The van der Waals surface area contributed by atoms with Crippen molar-refractivity contribution in [3.05, 3.63) is 112 Å². The lowest BCUT2D eigenvalue weighted by molar-refractivity contribution is -0.447. The lowest BCUT2D eigenvalue weighted by Crippen LogP contribution is -2.37. The fourth-order valence-electron chi connectivity index (χ4n) is 8.89. The quantitative estimate of drug-likeness (QED) is 0.103. The number of nitrogens with zero attached hydrogens (tertiary/aromatic N) is 2. The van der Waals surface area contributed by atoms with Gasteiger partial charge in [0.15, 0.2) is 12.3 Å². The van der Waals surface area contributed by atoms with E-state index in [4.69, 9.17) is 0 Å². The van der Waals surface area contributed by atoms with Gasteiger partial charge >= 0.3 is 11.0 Å². The van der Waals surface area contributed by atoms with Crippen molar-refractivity contribution >= 4 is 36.8 Å². The summed E-state index contributed by atoms with van der Waals surface area (Å²) in [6, 6.07) is 18.1. The van der Waals surface area contributed by atoms with Crippen LogP contribution in [0, 0.1) is 16.4 Å². The summed E-state index contributed by atoms with van der Waals surface area (Å²) in [5, 5.41) is 0. The monoisotopic (exact) mass is 866 g/mol. The van der Waals surface area contributed by atoms with Gasteiger partial charge in [0.2, 0.25) is 5.69 Å². The number of halogens is 6. The first-order chi connectivity index (χ1) is 27.5. The zero-order valence-electron chi connectivity index (χ0n) is 34.4. The minimum atomic E-state index is -6.51. The molecule has 0 amide bonds. The van der Waals surface area contributed by atoms with Crippen LogP contribution in [0.25, 0.3) is 0 Å². The number of allylic oxidation sites excluding steroid dienone is 8. The van der Waals surface area contributed by atoms with Crippen LogP contribution in [-0.2, 0) is 30.5 Å². The summed E-state index contributed by atoms with van der Waals surface area (Å²) < 4.78 is 112. The Kier molecular flexibility index (Phi) is 14.3. The number of hydrogen-bond acceptors (Lipinski definition) is 5. The van der Waals surface area contributed by atoms with E-state index in [2.05, 4.69) is 128 Å². The number of anilines is 1. The average Bonchev–Trinajstić information content (AvgIpc) is 3.52. The highest BCUT2D eigenvalue weighted by Crippen LogP contribution is 2.49. The number of para-hydroxylation sites is 2. The molecule has 0 atom stereocenters. The lowest BCUT2D eigenvalue weighted by Gasteiger charge is -2.32. The van der Waals surface area contributed by atoms with Gasteiger partial charge < -0.3 is 4.90 Å². The zero-order valence-corrected chi connectivity index (χ0v) is 36.0. The predicted molar refractivity (Wildman–Crippen MR) is 224 cm³/mol. The van der Waals surface area contributed by atoms with E-state index >= 15 is 0 Å². The first-order valence-electron chi connectivity index (χ1n) is 20.3. The van der Waals surface area contributed by atoms with Gasteiger partial charge in [0.05, 0.1) is 5.41 Å². The van der Waals surface area contributed by atoms with Crippen molar-refractivity contribution in [3.63, 3.8) is 0 Å². The minimum absolute atomic E-state index is 0.0146. The van der Waals surface area contributed by atoms with Gasteiger partial charge in [-0.05, 0) is 63.2 Å². The number of hydrogen-bond donors (Lipinski definition) is 0. The second kappa shape index (κ2) is 18.1. The summed E-state index contributed by atoms with van der Waals surface area (Å²) in [5.74, 6) is 1.60. The summed E-state index contributed by atoms with van der Waals surface area (Å²) in [5.41, 5.74) is -3.58. The van der Waals surface area contributed by atoms with E-state index < -0.39 is 35.3 Å². The Morgan fingerprint density at radius 2 is 1.17 bits per heavy atom. The van der Waals surface area contributed by atoms with Crippen molar-refractivity contribution in [2.75, 3.05) is 18.0 Å². The molecule has 324 valence electrons. The van der Waals surface area contributed by atoms with Crippen LogP contribution in [-0.4, -0.2) is 51.2 Å². The van der Waals surface area contributed by atoms with E-state index in [-0.39, 0.29) is 17.8 Å². The number of benzene rings is 2. The van der Waals surface area contributed by atoms with Crippen LogP contribution in [0.2, 0.25) is 0 Å². The molecule has 2 aromatic rings. The van der Waals surface area contributed by atoms with Gasteiger partial charge in [-0.15, -0.1) is 0 Å². The molecular formula is C45H56F6N2O4S2. The molecule has 0 N–H and O–H groups in total. The first-order valence-corrected chi connectivity index (χ1v) is 23.3. The Morgan fingerprint density at radius 1 is 0.678 bits per heavy atom. The molecule has 59 heavy (non-hydrogen) atoms. The smallest absolute Gasteiger partial charge is 0.344 e. The van der Waals surface area contributed by atoms with Gasteiger partial charge in [-0.1, -0.05) is 124 Å². The molecule has 2 fully saturated rings. The molecule has 2 aliphatic heterocycles. The van der Waals surface area contributed by atoms with E-state index in [0.717, 1.165) is 24.9 Å². The number of rotatable bonds is 10. The van der Waals surface area contributed by atoms with Crippen molar-refractivity contribution in [2.24, 2.45) is 11.8 Å². The zero-order chi connectivity index (χ0) is 43.4. The third-order valence-corrected chi connectivity index (χ3v) is 16.3. The SMILES string of the molecule is CC1(C)C(/C=C/C=C/C=C/C=C2/N(CC3CCCCC3)c3ccccc3C2(C)C)=[N+](CC2CCCCC2)c2ccccc21.C[C-](S(=O)(=O)C(F)(F)F)S(=O)(=O)C(F)(F)F. The van der Waals surface area contributed by atoms with Crippen LogP contribution in [0.3, 0.4) is 0 Å². The van der Waals surface area contributed by atoms with Gasteiger partial charge in [-0.25, -0.2) is 0 Å². The van der Waals surface area contributed by atoms with E-state index in [1.807, 2.05) is 0 Å². The fourth-order valence-corrected chi connectivity index (χ4v) is 11.3. The van der Waals surface area contributed by atoms with Crippen LogP contribution >= 0.6 is 0 Å². The van der Waals surface area contributed by atoms with Gasteiger partial charge in [0, 0.05) is 47.0 Å². The fraction of sp³-hybridized carbons (Fsp3) is 0.511. The molecule has 2 aromatic carbocycles. The van der Waals surface area contributed by atoms with E-state index in [0.29, 0.717) is 0 Å². The summed E-state index contributed by atoms with van der Waals surface area (Å²) in [4.78, 5) is 2.64. The standard InChI is InChI=1S/C41H53N2.C4H3F6O4S2/c1-40(2)34-24-16-18-26-36(34)42(30-32-20-10-8-11-21-32)38(40)28-14-6-5-7-15-29-39-41(3,4)35-25-17-19-27-37(35)43(39)31-33-22-12-9-13-23-33;1-2(15(11,12)3(5,6)7)16(13,14)4(8,9)10/h5-7,14-19,24-29,32-33H,8-13,20-23,30-31H2,1-4H3;1H3/q+1;-1. The van der Waals surface area contributed by atoms with Gasteiger partial charge in [0.1, 0.15) is 19.7 Å². The molecule has 2 aliphatic carbocycles. The molecule has 2 heterocycles. The van der Waals surface area contributed by atoms with Crippen LogP contribution in [0.1, 0.15) is 110 Å². The molecule has 0 radical (unpaired) electrons. The second-order valence-corrected chi connectivity index (χ2v) is 21.4. The Hall–Kier alpha value is -3.65. The molecule has 0 bridgehead atoms. The lowest BCUT2D eigenvalue weighted by atomic mass is 9.81. The molecule has 6 rings (SSSR count). The summed E-state index contributed by atoms with van der Waals surface area (Å²) in [7, 11) is -13.0.